The van der Waals surface area contributed by atoms with E-state index >= 15 is 0 Å². The van der Waals surface area contributed by atoms with Crippen molar-refractivity contribution in [1.29, 1.82) is 0 Å². The number of hydrogen-bond acceptors (Lipinski definition) is 2. The van der Waals surface area contributed by atoms with E-state index in [1.54, 1.807) is 22.8 Å². The molecule has 1 aromatic rings. The van der Waals surface area contributed by atoms with Crippen LogP contribution in [0.5, 0.6) is 0 Å². The summed E-state index contributed by atoms with van der Waals surface area (Å²) in [6.07, 6.45) is -4.13. The first-order valence-corrected chi connectivity index (χ1v) is 8.96. The molecule has 1 aliphatic heterocycles. The topological polar surface area (TPSA) is 40.6 Å². The van der Waals surface area contributed by atoms with Gasteiger partial charge in [0.2, 0.25) is 11.8 Å². The zero-order valence-electron chi connectivity index (χ0n) is 15.3. The molecule has 0 N–H and O–H groups in total. The highest BCUT2D eigenvalue weighted by molar-refractivity contribution is 5.83. The molecule has 1 heterocycles. The van der Waals surface area contributed by atoms with E-state index in [0.717, 1.165) is 12.1 Å². The number of halogens is 3. The van der Waals surface area contributed by atoms with Crippen molar-refractivity contribution >= 4 is 11.8 Å². The van der Waals surface area contributed by atoms with Crippen molar-refractivity contribution < 1.29 is 22.8 Å². The van der Waals surface area contributed by atoms with Gasteiger partial charge in [-0.1, -0.05) is 25.1 Å². The predicted octanol–water partition coefficient (Wildman–Crippen LogP) is 3.53. The Morgan fingerprint density at radius 2 is 1.81 bits per heavy atom. The smallest absolute Gasteiger partial charge is 0.343 e. The van der Waals surface area contributed by atoms with Crippen LogP contribution in [0.1, 0.15) is 44.2 Å². The molecule has 1 aliphatic rings. The molecule has 1 saturated heterocycles. The van der Waals surface area contributed by atoms with E-state index in [1.807, 2.05) is 13.8 Å². The van der Waals surface area contributed by atoms with Gasteiger partial charge in [-0.2, -0.15) is 13.2 Å². The highest BCUT2D eigenvalue weighted by atomic mass is 19.4. The fourth-order valence-corrected chi connectivity index (χ4v) is 3.53. The first kappa shape index (κ1) is 20.3. The lowest BCUT2D eigenvalue weighted by molar-refractivity contribution is -0.137. The van der Waals surface area contributed by atoms with Gasteiger partial charge < -0.3 is 9.80 Å². The molecule has 0 aromatic heterocycles. The van der Waals surface area contributed by atoms with E-state index in [4.69, 9.17) is 0 Å². The first-order chi connectivity index (χ1) is 12.2. The number of amides is 2. The van der Waals surface area contributed by atoms with Crippen LogP contribution in [0.2, 0.25) is 0 Å². The fraction of sp³-hybridized carbons (Fsp3) is 0.579. The summed E-state index contributed by atoms with van der Waals surface area (Å²) in [5.41, 5.74) is -0.277. The molecule has 2 rings (SSSR count). The Bertz CT molecular complexity index is 656. The number of alkyl halides is 3. The second-order valence-electron chi connectivity index (χ2n) is 6.50. The highest BCUT2D eigenvalue weighted by Gasteiger charge is 2.42. The summed E-state index contributed by atoms with van der Waals surface area (Å²) in [5.74, 6) is -1.14. The Labute approximate surface area is 152 Å². The van der Waals surface area contributed by atoms with Crippen molar-refractivity contribution in [2.45, 2.75) is 39.3 Å². The second kappa shape index (κ2) is 8.10. The standard InChI is InChI=1S/C19H25F3N2O2/c1-4-17(25)24-11-15(16(12-24)18(26)23(5-2)6-3)13-8-7-9-14(10-13)19(20,21)22/h7-10,15-16H,4-6,11-12H2,1-3H3/t15-,16+/m1/s1. The number of benzene rings is 1. The normalized spacial score (nSPS) is 20.3. The molecular weight excluding hydrogens is 345 g/mol. The van der Waals surface area contributed by atoms with Crippen molar-refractivity contribution in [2.75, 3.05) is 26.2 Å². The molecule has 144 valence electrons. The molecule has 0 unspecified atom stereocenters. The molecule has 0 saturated carbocycles. The van der Waals surface area contributed by atoms with Gasteiger partial charge in [-0.3, -0.25) is 9.59 Å². The van der Waals surface area contributed by atoms with Gasteiger partial charge in [-0.05, 0) is 25.5 Å². The van der Waals surface area contributed by atoms with E-state index in [-0.39, 0.29) is 24.9 Å². The van der Waals surface area contributed by atoms with E-state index in [2.05, 4.69) is 0 Å². The number of hydrogen-bond donors (Lipinski definition) is 0. The number of carbonyl (C=O) groups excluding carboxylic acids is 2. The summed E-state index contributed by atoms with van der Waals surface area (Å²) in [6, 6.07) is 5.10. The molecule has 4 nitrogen and oxygen atoms in total. The molecule has 26 heavy (non-hydrogen) atoms. The largest absolute Gasteiger partial charge is 0.416 e. The molecule has 1 fully saturated rings. The molecule has 1 aromatic carbocycles. The maximum atomic E-state index is 13.1. The molecule has 2 amide bonds. The van der Waals surface area contributed by atoms with Crippen LogP contribution in [-0.2, 0) is 15.8 Å². The highest BCUT2D eigenvalue weighted by Crippen LogP contribution is 2.37. The summed E-state index contributed by atoms with van der Waals surface area (Å²) in [6.45, 7) is 7.05. The van der Waals surface area contributed by atoms with Crippen molar-refractivity contribution in [3.63, 3.8) is 0 Å². The summed E-state index contributed by atoms with van der Waals surface area (Å²) in [5, 5.41) is 0. The zero-order valence-corrected chi connectivity index (χ0v) is 15.3. The number of likely N-dealkylation sites (tertiary alicyclic amines) is 1. The van der Waals surface area contributed by atoms with Crippen LogP contribution < -0.4 is 0 Å². The molecule has 0 bridgehead atoms. The van der Waals surface area contributed by atoms with E-state index in [9.17, 15) is 22.8 Å². The van der Waals surface area contributed by atoms with Gasteiger partial charge in [0.05, 0.1) is 11.5 Å². The van der Waals surface area contributed by atoms with E-state index in [1.165, 1.54) is 6.07 Å². The molecule has 0 spiro atoms. The maximum Gasteiger partial charge on any atom is 0.416 e. The Hall–Kier alpha value is -2.05. The van der Waals surface area contributed by atoms with Gasteiger partial charge in [0.1, 0.15) is 0 Å². The van der Waals surface area contributed by atoms with Crippen LogP contribution >= 0.6 is 0 Å². The van der Waals surface area contributed by atoms with Crippen LogP contribution in [0.3, 0.4) is 0 Å². The van der Waals surface area contributed by atoms with Crippen LogP contribution in [0.4, 0.5) is 13.2 Å². The van der Waals surface area contributed by atoms with Gasteiger partial charge in [-0.15, -0.1) is 0 Å². The maximum absolute atomic E-state index is 13.1. The van der Waals surface area contributed by atoms with E-state index < -0.39 is 23.6 Å². The number of rotatable bonds is 5. The molecule has 7 heteroatoms. The molecule has 0 radical (unpaired) electrons. The lowest BCUT2D eigenvalue weighted by Gasteiger charge is -2.26. The van der Waals surface area contributed by atoms with Crippen molar-refractivity contribution in [1.82, 2.24) is 9.80 Å². The SMILES string of the molecule is CCC(=O)N1C[C@H](C(=O)N(CC)CC)[C@@H](c2cccc(C(F)(F)F)c2)C1. The Balaban J connectivity index is 2.38. The Kier molecular flexibility index (Phi) is 6.31. The monoisotopic (exact) mass is 370 g/mol. The first-order valence-electron chi connectivity index (χ1n) is 8.96. The van der Waals surface area contributed by atoms with Gasteiger partial charge in [0.25, 0.3) is 0 Å². The van der Waals surface area contributed by atoms with Crippen LogP contribution in [-0.4, -0.2) is 47.8 Å². The summed E-state index contributed by atoms with van der Waals surface area (Å²) in [7, 11) is 0. The third-order valence-corrected chi connectivity index (χ3v) is 5.01. The number of nitrogens with zero attached hydrogens (tertiary/aromatic N) is 2. The number of carbonyl (C=O) groups is 2. The summed E-state index contributed by atoms with van der Waals surface area (Å²) < 4.78 is 39.2. The Morgan fingerprint density at radius 3 is 2.35 bits per heavy atom. The molecule has 2 atom stereocenters. The van der Waals surface area contributed by atoms with Gasteiger partial charge in [0.15, 0.2) is 0 Å². The minimum atomic E-state index is -4.44. The minimum absolute atomic E-state index is 0.0863. The van der Waals surface area contributed by atoms with Gasteiger partial charge in [-0.25, -0.2) is 0 Å². The average Bonchev–Trinajstić information content (AvgIpc) is 3.06. The quantitative estimate of drug-likeness (QED) is 0.796. The Morgan fingerprint density at radius 1 is 1.15 bits per heavy atom. The molecule has 0 aliphatic carbocycles. The van der Waals surface area contributed by atoms with Crippen molar-refractivity contribution in [3.05, 3.63) is 35.4 Å². The second-order valence-corrected chi connectivity index (χ2v) is 6.50. The lowest BCUT2D eigenvalue weighted by Crippen LogP contribution is -2.39. The van der Waals surface area contributed by atoms with E-state index in [0.29, 0.717) is 25.1 Å². The summed E-state index contributed by atoms with van der Waals surface area (Å²) >= 11 is 0. The zero-order chi connectivity index (χ0) is 19.5. The van der Waals surface area contributed by atoms with Crippen molar-refractivity contribution in [2.24, 2.45) is 5.92 Å². The van der Waals surface area contributed by atoms with Gasteiger partial charge >= 0.3 is 6.18 Å². The molecular formula is C19H25F3N2O2. The third-order valence-electron chi connectivity index (χ3n) is 5.01. The van der Waals surface area contributed by atoms with Crippen LogP contribution in [0.25, 0.3) is 0 Å². The minimum Gasteiger partial charge on any atom is -0.343 e. The lowest BCUT2D eigenvalue weighted by atomic mass is 9.87. The average molecular weight is 370 g/mol. The van der Waals surface area contributed by atoms with Crippen LogP contribution in [0, 0.1) is 5.92 Å². The van der Waals surface area contributed by atoms with Gasteiger partial charge in [0, 0.05) is 38.5 Å². The summed E-state index contributed by atoms with van der Waals surface area (Å²) in [4.78, 5) is 28.3. The van der Waals surface area contributed by atoms with Crippen LogP contribution in [0.15, 0.2) is 24.3 Å². The fourth-order valence-electron chi connectivity index (χ4n) is 3.53. The predicted molar refractivity (Wildman–Crippen MR) is 92.5 cm³/mol. The van der Waals surface area contributed by atoms with Crippen molar-refractivity contribution in [3.8, 4) is 0 Å². The third kappa shape index (κ3) is 4.19.